The van der Waals surface area contributed by atoms with E-state index >= 15 is 0 Å². The average molecular weight is 345 g/mol. The molecule has 1 aliphatic rings. The van der Waals surface area contributed by atoms with Gasteiger partial charge < -0.3 is 14.4 Å². The van der Waals surface area contributed by atoms with Gasteiger partial charge in [-0.3, -0.25) is 14.5 Å². The number of aromatic nitrogens is 3. The third-order valence-corrected chi connectivity index (χ3v) is 4.44. The molecule has 3 heterocycles. The number of carbonyl (C=O) groups excluding carboxylic acids is 1. The molecule has 2 aromatic heterocycles. The Kier molecular flexibility index (Phi) is 4.98. The van der Waals surface area contributed by atoms with Gasteiger partial charge >= 0.3 is 0 Å². The molecule has 0 radical (unpaired) electrons. The first kappa shape index (κ1) is 17.3. The largest absolute Gasteiger partial charge is 0.339 e. The number of hydrogen-bond acceptors (Lipinski definition) is 6. The molecule has 0 aromatic carbocycles. The van der Waals surface area contributed by atoms with Crippen molar-refractivity contribution >= 4 is 5.91 Å². The summed E-state index contributed by atoms with van der Waals surface area (Å²) in [5.74, 6) is 1.36. The molecule has 134 valence electrons. The Morgan fingerprint density at radius 2 is 2.28 bits per heavy atom. The van der Waals surface area contributed by atoms with Gasteiger partial charge in [0.05, 0.1) is 6.54 Å². The molecule has 8 nitrogen and oxygen atoms in total. The van der Waals surface area contributed by atoms with Crippen LogP contribution in [-0.2, 0) is 6.54 Å². The Morgan fingerprint density at radius 3 is 2.96 bits per heavy atom. The van der Waals surface area contributed by atoms with Crippen molar-refractivity contribution in [1.82, 2.24) is 24.9 Å². The number of hydrogen-bond donors (Lipinski definition) is 1. The minimum atomic E-state index is -0.267. The van der Waals surface area contributed by atoms with E-state index < -0.39 is 0 Å². The number of likely N-dealkylation sites (tertiary alicyclic amines) is 1. The molecule has 0 saturated carbocycles. The number of nitrogens with one attached hydrogen (secondary N) is 1. The van der Waals surface area contributed by atoms with Crippen LogP contribution in [0.15, 0.2) is 27.5 Å². The minimum Gasteiger partial charge on any atom is -0.339 e. The van der Waals surface area contributed by atoms with E-state index in [2.05, 4.69) is 20.0 Å². The molecule has 1 fully saturated rings. The quantitative estimate of drug-likeness (QED) is 0.876. The number of H-pyrrole nitrogens is 1. The molecule has 0 bridgehead atoms. The Balaban J connectivity index is 1.59. The number of nitrogens with zero attached hydrogens (tertiary/aromatic N) is 4. The van der Waals surface area contributed by atoms with Gasteiger partial charge in [-0.25, -0.2) is 0 Å². The van der Waals surface area contributed by atoms with Crippen LogP contribution < -0.4 is 5.56 Å². The SMILES string of the molecule is CC(C)c1nc(CN(C)C2CCN(C(=O)c3cccc(=O)[nH]3)C2)no1. The fourth-order valence-electron chi connectivity index (χ4n) is 2.95. The summed E-state index contributed by atoms with van der Waals surface area (Å²) < 4.78 is 5.23. The van der Waals surface area contributed by atoms with Gasteiger partial charge in [0.1, 0.15) is 5.69 Å². The number of likely N-dealkylation sites (N-methyl/N-ethyl adjacent to an activating group) is 1. The highest BCUT2D eigenvalue weighted by Gasteiger charge is 2.30. The fourth-order valence-corrected chi connectivity index (χ4v) is 2.95. The van der Waals surface area contributed by atoms with Gasteiger partial charge in [0.25, 0.3) is 5.91 Å². The van der Waals surface area contributed by atoms with Crippen LogP contribution >= 0.6 is 0 Å². The third kappa shape index (κ3) is 3.96. The first-order valence-electron chi connectivity index (χ1n) is 8.45. The second-order valence-electron chi connectivity index (χ2n) is 6.74. The van der Waals surface area contributed by atoms with Gasteiger partial charge in [-0.1, -0.05) is 25.1 Å². The molecule has 0 aliphatic carbocycles. The van der Waals surface area contributed by atoms with Crippen molar-refractivity contribution in [2.45, 2.75) is 38.8 Å². The summed E-state index contributed by atoms with van der Waals surface area (Å²) >= 11 is 0. The van der Waals surface area contributed by atoms with Crippen LogP contribution in [0.4, 0.5) is 0 Å². The van der Waals surface area contributed by atoms with Crippen LogP contribution in [-0.4, -0.2) is 57.0 Å². The monoisotopic (exact) mass is 345 g/mol. The second kappa shape index (κ2) is 7.18. The number of amides is 1. The van der Waals surface area contributed by atoms with E-state index in [1.807, 2.05) is 20.9 Å². The maximum atomic E-state index is 12.5. The summed E-state index contributed by atoms with van der Waals surface area (Å²) in [5, 5.41) is 4.01. The first-order valence-corrected chi connectivity index (χ1v) is 8.45. The third-order valence-electron chi connectivity index (χ3n) is 4.44. The highest BCUT2D eigenvalue weighted by Crippen LogP contribution is 2.18. The minimum absolute atomic E-state index is 0.143. The summed E-state index contributed by atoms with van der Waals surface area (Å²) in [4.78, 5) is 34.8. The molecule has 1 saturated heterocycles. The van der Waals surface area contributed by atoms with Gasteiger partial charge in [-0.2, -0.15) is 4.98 Å². The fraction of sp³-hybridized carbons (Fsp3) is 0.529. The normalized spacial score (nSPS) is 17.6. The molecule has 3 rings (SSSR count). The van der Waals surface area contributed by atoms with Gasteiger partial charge in [-0.15, -0.1) is 0 Å². The maximum absolute atomic E-state index is 12.5. The first-order chi connectivity index (χ1) is 11.9. The Hall–Kier alpha value is -2.48. The van der Waals surface area contributed by atoms with Gasteiger partial charge in [0, 0.05) is 31.1 Å². The van der Waals surface area contributed by atoms with Crippen LogP contribution in [0.3, 0.4) is 0 Å². The average Bonchev–Trinajstić information content (AvgIpc) is 3.23. The van der Waals surface area contributed by atoms with E-state index in [1.165, 1.54) is 6.07 Å². The molecule has 1 unspecified atom stereocenters. The van der Waals surface area contributed by atoms with E-state index in [0.29, 0.717) is 37.0 Å². The van der Waals surface area contributed by atoms with Crippen molar-refractivity contribution in [3.05, 3.63) is 46.0 Å². The lowest BCUT2D eigenvalue weighted by Gasteiger charge is -2.23. The van der Waals surface area contributed by atoms with Crippen LogP contribution in [0.5, 0.6) is 0 Å². The Labute approximate surface area is 145 Å². The van der Waals surface area contributed by atoms with Crippen molar-refractivity contribution in [2.75, 3.05) is 20.1 Å². The predicted molar refractivity (Wildman–Crippen MR) is 91.2 cm³/mol. The van der Waals surface area contributed by atoms with E-state index in [-0.39, 0.29) is 23.4 Å². The van der Waals surface area contributed by atoms with E-state index in [9.17, 15) is 9.59 Å². The highest BCUT2D eigenvalue weighted by atomic mass is 16.5. The molecule has 1 N–H and O–H groups in total. The number of carbonyl (C=O) groups is 1. The summed E-state index contributed by atoms with van der Waals surface area (Å²) in [7, 11) is 1.99. The second-order valence-corrected chi connectivity index (χ2v) is 6.74. The summed E-state index contributed by atoms with van der Waals surface area (Å²) in [6.45, 7) is 5.87. The molecule has 8 heteroatoms. The molecule has 2 aromatic rings. The number of pyridine rings is 1. The maximum Gasteiger partial charge on any atom is 0.270 e. The Bertz CT molecular complexity index is 797. The molecule has 1 amide bonds. The van der Waals surface area contributed by atoms with Crippen molar-refractivity contribution in [2.24, 2.45) is 0 Å². The van der Waals surface area contributed by atoms with E-state index in [1.54, 1.807) is 17.0 Å². The summed E-state index contributed by atoms with van der Waals surface area (Å²) in [6, 6.07) is 4.84. The molecule has 0 spiro atoms. The zero-order valence-corrected chi connectivity index (χ0v) is 14.7. The van der Waals surface area contributed by atoms with Crippen LogP contribution in [0.2, 0.25) is 0 Å². The molecular formula is C17H23N5O3. The topological polar surface area (TPSA) is 95.3 Å². The predicted octanol–water partition coefficient (Wildman–Crippen LogP) is 1.23. The lowest BCUT2D eigenvalue weighted by molar-refractivity contribution is 0.0773. The van der Waals surface area contributed by atoms with Crippen molar-refractivity contribution in [3.63, 3.8) is 0 Å². The lowest BCUT2D eigenvalue weighted by atomic mass is 10.2. The van der Waals surface area contributed by atoms with Crippen LogP contribution in [0, 0.1) is 0 Å². The van der Waals surface area contributed by atoms with Crippen LogP contribution in [0.1, 0.15) is 48.4 Å². The Morgan fingerprint density at radius 1 is 1.48 bits per heavy atom. The molecule has 1 atom stereocenters. The zero-order chi connectivity index (χ0) is 18.0. The standard InChI is InChI=1S/C17H23N5O3/c1-11(2)16-19-14(20-25-16)10-21(3)12-7-8-22(9-12)17(24)13-5-4-6-15(23)18-13/h4-6,11-12H,7-10H2,1-3H3,(H,18,23). The molecule has 1 aliphatic heterocycles. The van der Waals surface area contributed by atoms with Gasteiger partial charge in [0.2, 0.25) is 11.4 Å². The van der Waals surface area contributed by atoms with Crippen molar-refractivity contribution < 1.29 is 9.32 Å². The van der Waals surface area contributed by atoms with Crippen molar-refractivity contribution in [1.29, 1.82) is 0 Å². The number of aromatic amines is 1. The summed E-state index contributed by atoms with van der Waals surface area (Å²) in [6.07, 6.45) is 0.869. The zero-order valence-electron chi connectivity index (χ0n) is 14.7. The smallest absolute Gasteiger partial charge is 0.270 e. The van der Waals surface area contributed by atoms with Gasteiger partial charge in [-0.05, 0) is 19.5 Å². The molecular weight excluding hydrogens is 322 g/mol. The van der Waals surface area contributed by atoms with E-state index in [4.69, 9.17) is 4.52 Å². The lowest BCUT2D eigenvalue weighted by Crippen LogP contribution is -2.37. The van der Waals surface area contributed by atoms with Crippen molar-refractivity contribution in [3.8, 4) is 0 Å². The highest BCUT2D eigenvalue weighted by molar-refractivity contribution is 5.92. The van der Waals surface area contributed by atoms with Crippen LogP contribution in [0.25, 0.3) is 0 Å². The number of rotatable bonds is 5. The molecule has 25 heavy (non-hydrogen) atoms. The van der Waals surface area contributed by atoms with Gasteiger partial charge in [0.15, 0.2) is 5.82 Å². The van der Waals surface area contributed by atoms with E-state index in [0.717, 1.165) is 6.42 Å². The summed E-state index contributed by atoms with van der Waals surface area (Å²) in [5.41, 5.74) is 0.0623.